The van der Waals surface area contributed by atoms with Crippen LogP contribution in [0.15, 0.2) is 32.2 Å². The van der Waals surface area contributed by atoms with Gasteiger partial charge < -0.3 is 9.45 Å². The van der Waals surface area contributed by atoms with Crippen molar-refractivity contribution in [1.82, 2.24) is 14.7 Å². The van der Waals surface area contributed by atoms with Crippen LogP contribution >= 0.6 is 11.6 Å². The summed E-state index contributed by atoms with van der Waals surface area (Å²) >= 11 is 3.88. The molecule has 2 fully saturated rings. The summed E-state index contributed by atoms with van der Waals surface area (Å²) in [6.07, 6.45) is 0.439. The number of nitrogens with one attached hydrogen (secondary N) is 1. The van der Waals surface area contributed by atoms with Crippen LogP contribution in [0.4, 0.5) is 8.78 Å². The molecule has 11 heteroatoms. The molecule has 2 aliphatic heterocycles. The molecule has 0 aromatic carbocycles. The van der Waals surface area contributed by atoms with Gasteiger partial charge >= 0.3 is 0 Å². The summed E-state index contributed by atoms with van der Waals surface area (Å²) in [6.45, 7) is 3.19. The lowest BCUT2D eigenvalue weighted by molar-refractivity contribution is -0.0690. The van der Waals surface area contributed by atoms with Crippen LogP contribution in [0.2, 0.25) is 0 Å². The first kappa shape index (κ1) is 19.1. The lowest BCUT2D eigenvalue weighted by Gasteiger charge is -2.61. The van der Waals surface area contributed by atoms with Gasteiger partial charge in [0.15, 0.2) is 5.84 Å². The predicted octanol–water partition coefficient (Wildman–Crippen LogP) is 1.58. The maximum absolute atomic E-state index is 13.2. The van der Waals surface area contributed by atoms with Crippen molar-refractivity contribution in [2.24, 2.45) is 15.4 Å². The third kappa shape index (κ3) is 3.07. The van der Waals surface area contributed by atoms with Gasteiger partial charge in [-0.3, -0.25) is 9.20 Å². The number of alkyl halides is 2. The van der Waals surface area contributed by atoms with Crippen LogP contribution in [-0.2, 0) is 11.3 Å². The van der Waals surface area contributed by atoms with Crippen LogP contribution < -0.4 is 5.43 Å². The van der Waals surface area contributed by atoms with E-state index >= 15 is 0 Å². The van der Waals surface area contributed by atoms with Crippen molar-refractivity contribution in [1.29, 1.82) is 0 Å². The Labute approximate surface area is 163 Å². The highest BCUT2D eigenvalue weighted by atomic mass is 35.5. The van der Waals surface area contributed by atoms with Crippen LogP contribution in [0, 0.1) is 5.41 Å². The van der Waals surface area contributed by atoms with E-state index in [4.69, 9.17) is 11.6 Å². The smallest absolute Gasteiger partial charge is 0.297 e. The van der Waals surface area contributed by atoms with Gasteiger partial charge in [0.25, 0.3) is 6.43 Å². The number of allylic oxidation sites excluding steroid dienone is 2. The molecule has 2 aliphatic carbocycles. The van der Waals surface area contributed by atoms with Crippen molar-refractivity contribution in [3.63, 3.8) is 0 Å². The fourth-order valence-corrected chi connectivity index (χ4v) is 5.34. The molecule has 0 radical (unpaired) electrons. The standard InChI is InChI=1S/C16H20ClF2N5O2S/c1-8-3-10(17)12-11(8)15(22-14(21-12)13(18)19)23-6-16(7-23)4-9(5-16)24(20-2)27(25)26/h3,9,12-13,20H,4-7H2,1-2H3,(H,25,26)/p-1. The van der Waals surface area contributed by atoms with E-state index in [0.717, 1.165) is 24.0 Å². The first-order chi connectivity index (χ1) is 12.7. The van der Waals surface area contributed by atoms with Crippen LogP contribution in [0.1, 0.15) is 19.8 Å². The van der Waals surface area contributed by atoms with Crippen molar-refractivity contribution in [3.05, 3.63) is 22.3 Å². The van der Waals surface area contributed by atoms with Crippen molar-refractivity contribution >= 4 is 34.5 Å². The number of hydrogen-bond donors (Lipinski definition) is 1. The second kappa shape index (κ2) is 6.70. The molecule has 7 nitrogen and oxygen atoms in total. The lowest BCUT2D eigenvalue weighted by atomic mass is 9.60. The summed E-state index contributed by atoms with van der Waals surface area (Å²) in [5.41, 5.74) is 4.35. The molecule has 1 saturated heterocycles. The molecular weight excluding hydrogens is 400 g/mol. The quantitative estimate of drug-likeness (QED) is 0.555. The second-order valence-corrected chi connectivity index (χ2v) is 8.70. The number of likely N-dealkylation sites (tertiary alicyclic amines) is 1. The Morgan fingerprint density at radius 3 is 2.70 bits per heavy atom. The fraction of sp³-hybridized carbons (Fsp3) is 0.625. The van der Waals surface area contributed by atoms with E-state index < -0.39 is 29.6 Å². The van der Waals surface area contributed by atoms with Gasteiger partial charge in [0.1, 0.15) is 11.9 Å². The zero-order valence-electron chi connectivity index (χ0n) is 14.8. The summed E-state index contributed by atoms with van der Waals surface area (Å²) in [7, 11) is 1.57. The number of fused-ring (bicyclic) bond motifs is 1. The Hall–Kier alpha value is -1.20. The Bertz CT molecular complexity index is 814. The lowest BCUT2D eigenvalue weighted by Crippen LogP contribution is -2.69. The molecule has 2 heterocycles. The summed E-state index contributed by atoms with van der Waals surface area (Å²) in [4.78, 5) is 10.1. The van der Waals surface area contributed by atoms with E-state index in [1.54, 1.807) is 13.1 Å². The summed E-state index contributed by atoms with van der Waals surface area (Å²) in [5.74, 6) is 0.0252. The normalized spacial score (nSPS) is 28.1. The zero-order valence-corrected chi connectivity index (χ0v) is 16.4. The summed E-state index contributed by atoms with van der Waals surface area (Å²) in [5, 5.41) is 0.426. The van der Waals surface area contributed by atoms with Gasteiger partial charge in [-0.2, -0.15) is 4.41 Å². The molecule has 2 unspecified atom stereocenters. The third-order valence-corrected chi connectivity index (χ3v) is 6.75. The Balaban J connectivity index is 1.49. The fourth-order valence-electron chi connectivity index (χ4n) is 4.47. The van der Waals surface area contributed by atoms with Gasteiger partial charge in [0.05, 0.1) is 0 Å². The van der Waals surface area contributed by atoms with E-state index in [1.165, 1.54) is 4.41 Å². The molecule has 0 aromatic heterocycles. The minimum Gasteiger partial charge on any atom is -0.759 e. The maximum atomic E-state index is 13.2. The zero-order chi connectivity index (χ0) is 19.5. The average molecular weight is 419 g/mol. The number of nitrogens with zero attached hydrogens (tertiary/aromatic N) is 4. The predicted molar refractivity (Wildman–Crippen MR) is 98.1 cm³/mol. The Morgan fingerprint density at radius 1 is 1.48 bits per heavy atom. The number of amidine groups is 2. The van der Waals surface area contributed by atoms with E-state index in [2.05, 4.69) is 15.4 Å². The molecular formula is C16H19ClF2N5O2S-. The minimum atomic E-state index is -2.76. The molecule has 148 valence electrons. The second-order valence-electron chi connectivity index (χ2n) is 7.44. The molecule has 1 spiro atoms. The molecule has 27 heavy (non-hydrogen) atoms. The number of rotatable bonds is 4. The summed E-state index contributed by atoms with van der Waals surface area (Å²) < 4.78 is 50.1. The molecule has 0 amide bonds. The molecule has 1 N–H and O–H groups in total. The number of aliphatic imine (C=N–C) groups is 2. The minimum absolute atomic E-state index is 0.00102. The van der Waals surface area contributed by atoms with Gasteiger partial charge in [0, 0.05) is 46.4 Å². The van der Waals surface area contributed by atoms with Crippen molar-refractivity contribution in [3.8, 4) is 0 Å². The summed E-state index contributed by atoms with van der Waals surface area (Å²) in [6, 6.07) is -0.685. The van der Waals surface area contributed by atoms with E-state index in [9.17, 15) is 17.5 Å². The van der Waals surface area contributed by atoms with Crippen LogP contribution in [0.25, 0.3) is 0 Å². The molecule has 4 rings (SSSR count). The first-order valence-electron chi connectivity index (χ1n) is 8.58. The highest BCUT2D eigenvalue weighted by molar-refractivity contribution is 7.76. The third-order valence-electron chi connectivity index (χ3n) is 5.63. The van der Waals surface area contributed by atoms with Crippen LogP contribution in [0.3, 0.4) is 0 Å². The Kier molecular flexibility index (Phi) is 4.75. The van der Waals surface area contributed by atoms with Crippen molar-refractivity contribution in [2.75, 3.05) is 20.1 Å². The highest BCUT2D eigenvalue weighted by Crippen LogP contribution is 2.51. The SMILES string of the molecule is CNN(C1CC2(C1)CN(C1=NC(C(F)F)=NC3C(Cl)=CC(C)=C13)C2)S(=O)[O-]. The molecule has 1 saturated carbocycles. The number of halogens is 3. The van der Waals surface area contributed by atoms with Crippen molar-refractivity contribution in [2.45, 2.75) is 38.3 Å². The number of hydrogen-bond acceptors (Lipinski definition) is 6. The Morgan fingerprint density at radius 2 is 2.15 bits per heavy atom. The van der Waals surface area contributed by atoms with Gasteiger partial charge in [-0.25, -0.2) is 19.2 Å². The monoisotopic (exact) mass is 418 g/mol. The van der Waals surface area contributed by atoms with E-state index in [-0.39, 0.29) is 11.5 Å². The molecule has 2 atom stereocenters. The topological polar surface area (TPSA) is 83.4 Å². The van der Waals surface area contributed by atoms with E-state index in [0.29, 0.717) is 24.0 Å². The van der Waals surface area contributed by atoms with Gasteiger partial charge in [-0.05, 0) is 38.5 Å². The van der Waals surface area contributed by atoms with Gasteiger partial charge in [-0.1, -0.05) is 11.6 Å². The van der Waals surface area contributed by atoms with Crippen molar-refractivity contribution < 1.29 is 17.5 Å². The first-order valence-corrected chi connectivity index (χ1v) is 9.99. The molecule has 4 aliphatic rings. The van der Waals surface area contributed by atoms with Gasteiger partial charge in [-0.15, -0.1) is 0 Å². The number of hydrazine groups is 1. The average Bonchev–Trinajstić information content (AvgIpc) is 2.82. The highest BCUT2D eigenvalue weighted by Gasteiger charge is 2.56. The molecule has 0 bridgehead atoms. The van der Waals surface area contributed by atoms with E-state index in [1.807, 2.05) is 11.8 Å². The van der Waals surface area contributed by atoms with Gasteiger partial charge in [0.2, 0.25) is 0 Å². The molecule has 0 aromatic rings. The maximum Gasteiger partial charge on any atom is 0.297 e. The van der Waals surface area contributed by atoms with Crippen LogP contribution in [0.5, 0.6) is 0 Å². The largest absolute Gasteiger partial charge is 0.759 e. The van der Waals surface area contributed by atoms with Crippen LogP contribution in [-0.4, -0.2) is 68.4 Å².